The standard InChI is InChI=1S/C12H12F2N2S/c13-12(14)10-6-8(15)3-4-11(10)16-7-9-2-1-5-17-9/h1-6,12,16H,7,15H2. The Balaban J connectivity index is 2.14. The van der Waals surface area contributed by atoms with Crippen molar-refractivity contribution in [2.75, 3.05) is 11.1 Å². The van der Waals surface area contributed by atoms with Gasteiger partial charge in [-0.2, -0.15) is 0 Å². The van der Waals surface area contributed by atoms with Crippen molar-refractivity contribution in [3.8, 4) is 0 Å². The van der Waals surface area contributed by atoms with Gasteiger partial charge in [-0.05, 0) is 29.6 Å². The van der Waals surface area contributed by atoms with Crippen molar-refractivity contribution >= 4 is 22.7 Å². The third-order valence-electron chi connectivity index (χ3n) is 2.34. The Morgan fingerprint density at radius 3 is 2.76 bits per heavy atom. The van der Waals surface area contributed by atoms with Crippen LogP contribution in [0.1, 0.15) is 16.9 Å². The van der Waals surface area contributed by atoms with Crippen LogP contribution in [0.3, 0.4) is 0 Å². The van der Waals surface area contributed by atoms with Gasteiger partial charge in [-0.1, -0.05) is 6.07 Å². The Kier molecular flexibility index (Phi) is 3.58. The molecule has 0 unspecified atom stereocenters. The van der Waals surface area contributed by atoms with E-state index in [4.69, 9.17) is 5.73 Å². The van der Waals surface area contributed by atoms with Gasteiger partial charge < -0.3 is 11.1 Å². The van der Waals surface area contributed by atoms with Crippen LogP contribution in [0.15, 0.2) is 35.7 Å². The monoisotopic (exact) mass is 254 g/mol. The molecule has 1 aromatic heterocycles. The van der Waals surface area contributed by atoms with Gasteiger partial charge in [0.15, 0.2) is 0 Å². The highest BCUT2D eigenvalue weighted by Gasteiger charge is 2.13. The van der Waals surface area contributed by atoms with Crippen LogP contribution in [-0.2, 0) is 6.54 Å². The highest BCUT2D eigenvalue weighted by Crippen LogP contribution is 2.29. The van der Waals surface area contributed by atoms with Gasteiger partial charge in [-0.25, -0.2) is 8.78 Å². The molecule has 17 heavy (non-hydrogen) atoms. The van der Waals surface area contributed by atoms with E-state index < -0.39 is 6.43 Å². The predicted octanol–water partition coefficient (Wildman–Crippen LogP) is 3.88. The first kappa shape index (κ1) is 11.9. The van der Waals surface area contributed by atoms with Crippen molar-refractivity contribution in [2.24, 2.45) is 0 Å². The molecule has 2 aromatic rings. The van der Waals surface area contributed by atoms with E-state index in [0.717, 1.165) is 4.88 Å². The van der Waals surface area contributed by atoms with Gasteiger partial charge in [-0.3, -0.25) is 0 Å². The first-order valence-electron chi connectivity index (χ1n) is 5.10. The molecule has 0 saturated carbocycles. The van der Waals surface area contributed by atoms with Crippen molar-refractivity contribution in [1.29, 1.82) is 0 Å². The number of alkyl halides is 2. The Bertz CT molecular complexity index is 483. The van der Waals surface area contributed by atoms with Crippen molar-refractivity contribution < 1.29 is 8.78 Å². The summed E-state index contributed by atoms with van der Waals surface area (Å²) in [7, 11) is 0. The summed E-state index contributed by atoms with van der Waals surface area (Å²) >= 11 is 1.58. The lowest BCUT2D eigenvalue weighted by atomic mass is 10.1. The van der Waals surface area contributed by atoms with Crippen molar-refractivity contribution in [3.63, 3.8) is 0 Å². The Morgan fingerprint density at radius 2 is 2.12 bits per heavy atom. The normalized spacial score (nSPS) is 10.8. The van der Waals surface area contributed by atoms with E-state index in [1.54, 1.807) is 23.5 Å². The minimum atomic E-state index is -2.52. The predicted molar refractivity (Wildman–Crippen MR) is 67.5 cm³/mol. The summed E-state index contributed by atoms with van der Waals surface area (Å²) in [6, 6.07) is 8.39. The first-order valence-corrected chi connectivity index (χ1v) is 5.98. The average molecular weight is 254 g/mol. The van der Waals surface area contributed by atoms with Gasteiger partial charge in [0, 0.05) is 28.4 Å². The number of thiophene rings is 1. The van der Waals surface area contributed by atoms with Gasteiger partial charge in [0.05, 0.1) is 0 Å². The van der Waals surface area contributed by atoms with Gasteiger partial charge >= 0.3 is 0 Å². The number of rotatable bonds is 4. The lowest BCUT2D eigenvalue weighted by molar-refractivity contribution is 0.152. The minimum Gasteiger partial charge on any atom is -0.399 e. The van der Waals surface area contributed by atoms with Gasteiger partial charge in [0.2, 0.25) is 0 Å². The third-order valence-corrected chi connectivity index (χ3v) is 3.22. The summed E-state index contributed by atoms with van der Waals surface area (Å²) in [5.74, 6) is 0. The van der Waals surface area contributed by atoms with E-state index in [0.29, 0.717) is 17.9 Å². The fraction of sp³-hybridized carbons (Fsp3) is 0.167. The van der Waals surface area contributed by atoms with E-state index >= 15 is 0 Å². The average Bonchev–Trinajstić information content (AvgIpc) is 2.80. The van der Waals surface area contributed by atoms with E-state index in [1.165, 1.54) is 6.07 Å². The molecule has 0 aliphatic rings. The molecule has 0 aliphatic carbocycles. The molecule has 1 heterocycles. The summed E-state index contributed by atoms with van der Waals surface area (Å²) in [6.07, 6.45) is -2.52. The molecule has 2 nitrogen and oxygen atoms in total. The SMILES string of the molecule is Nc1ccc(NCc2cccs2)c(C(F)F)c1. The molecule has 0 aliphatic heterocycles. The van der Waals surface area contributed by atoms with Crippen LogP contribution >= 0.6 is 11.3 Å². The zero-order valence-corrected chi connectivity index (χ0v) is 9.81. The molecule has 0 amide bonds. The highest BCUT2D eigenvalue weighted by atomic mass is 32.1. The number of nitrogens with two attached hydrogens (primary N) is 1. The molecule has 0 atom stereocenters. The summed E-state index contributed by atoms with van der Waals surface area (Å²) in [6.45, 7) is 0.543. The molecule has 0 spiro atoms. The second-order valence-electron chi connectivity index (χ2n) is 3.58. The highest BCUT2D eigenvalue weighted by molar-refractivity contribution is 7.09. The molecular formula is C12H12F2N2S. The largest absolute Gasteiger partial charge is 0.399 e. The topological polar surface area (TPSA) is 38.0 Å². The molecule has 0 bridgehead atoms. The summed E-state index contributed by atoms with van der Waals surface area (Å²) in [5.41, 5.74) is 6.22. The number of hydrogen-bond acceptors (Lipinski definition) is 3. The van der Waals surface area contributed by atoms with Crippen LogP contribution in [0.25, 0.3) is 0 Å². The van der Waals surface area contributed by atoms with Crippen LogP contribution in [0.4, 0.5) is 20.2 Å². The maximum absolute atomic E-state index is 12.8. The van der Waals surface area contributed by atoms with Crippen molar-refractivity contribution in [2.45, 2.75) is 13.0 Å². The van der Waals surface area contributed by atoms with Crippen LogP contribution in [0.5, 0.6) is 0 Å². The zero-order valence-electron chi connectivity index (χ0n) is 8.99. The summed E-state index contributed by atoms with van der Waals surface area (Å²) in [5, 5.41) is 4.95. The third kappa shape index (κ3) is 2.94. The maximum Gasteiger partial charge on any atom is 0.265 e. The molecule has 1 aromatic carbocycles. The van der Waals surface area contributed by atoms with E-state index in [1.807, 2.05) is 17.5 Å². The number of nitrogen functional groups attached to an aromatic ring is 1. The van der Waals surface area contributed by atoms with Crippen molar-refractivity contribution in [3.05, 3.63) is 46.2 Å². The molecular weight excluding hydrogens is 242 g/mol. The van der Waals surface area contributed by atoms with Gasteiger partial charge in [-0.15, -0.1) is 11.3 Å². The van der Waals surface area contributed by atoms with Crippen LogP contribution in [0.2, 0.25) is 0 Å². The zero-order chi connectivity index (χ0) is 12.3. The summed E-state index contributed by atoms with van der Waals surface area (Å²) < 4.78 is 25.6. The fourth-order valence-electron chi connectivity index (χ4n) is 1.52. The molecule has 0 fully saturated rings. The van der Waals surface area contributed by atoms with Crippen molar-refractivity contribution in [1.82, 2.24) is 0 Å². The van der Waals surface area contributed by atoms with Crippen LogP contribution < -0.4 is 11.1 Å². The van der Waals surface area contributed by atoms with E-state index in [-0.39, 0.29) is 5.56 Å². The van der Waals surface area contributed by atoms with Crippen LogP contribution in [-0.4, -0.2) is 0 Å². The number of nitrogens with one attached hydrogen (secondary N) is 1. The first-order chi connectivity index (χ1) is 8.16. The minimum absolute atomic E-state index is 0.0541. The lowest BCUT2D eigenvalue weighted by Gasteiger charge is -2.11. The second kappa shape index (κ2) is 5.14. The molecule has 0 saturated heterocycles. The maximum atomic E-state index is 12.8. The van der Waals surface area contributed by atoms with E-state index in [9.17, 15) is 8.78 Å². The number of halogens is 2. The Morgan fingerprint density at radius 1 is 1.29 bits per heavy atom. The molecule has 0 radical (unpaired) electrons. The smallest absolute Gasteiger partial charge is 0.265 e. The lowest BCUT2D eigenvalue weighted by Crippen LogP contribution is -2.02. The van der Waals surface area contributed by atoms with Gasteiger partial charge in [0.25, 0.3) is 6.43 Å². The molecule has 2 rings (SSSR count). The Hall–Kier alpha value is -1.62. The van der Waals surface area contributed by atoms with E-state index in [2.05, 4.69) is 5.32 Å². The molecule has 3 N–H and O–H groups in total. The second-order valence-corrected chi connectivity index (χ2v) is 4.61. The summed E-state index contributed by atoms with van der Waals surface area (Å²) in [4.78, 5) is 1.10. The Labute approximate surface area is 102 Å². The number of anilines is 2. The quantitative estimate of drug-likeness (QED) is 0.812. The van der Waals surface area contributed by atoms with Crippen LogP contribution in [0, 0.1) is 0 Å². The van der Waals surface area contributed by atoms with Gasteiger partial charge in [0.1, 0.15) is 0 Å². The number of benzene rings is 1. The number of hydrogen-bond donors (Lipinski definition) is 2. The molecule has 5 heteroatoms. The molecule has 90 valence electrons. The fourth-order valence-corrected chi connectivity index (χ4v) is 2.16.